The first-order chi connectivity index (χ1) is 10.0. The van der Waals surface area contributed by atoms with E-state index in [-0.39, 0.29) is 10.6 Å². The Hall–Kier alpha value is -1.38. The Morgan fingerprint density at radius 1 is 1.29 bits per heavy atom. The van der Waals surface area contributed by atoms with Crippen LogP contribution in [-0.4, -0.2) is 27.3 Å². The lowest BCUT2D eigenvalue weighted by molar-refractivity contribution is 0.427. The van der Waals surface area contributed by atoms with Crippen molar-refractivity contribution >= 4 is 9.84 Å². The van der Waals surface area contributed by atoms with Gasteiger partial charge in [0.25, 0.3) is 0 Å². The lowest BCUT2D eigenvalue weighted by Crippen LogP contribution is -2.29. The molecule has 1 fully saturated rings. The van der Waals surface area contributed by atoms with Gasteiger partial charge in [0.2, 0.25) is 0 Å². The van der Waals surface area contributed by atoms with Crippen molar-refractivity contribution in [1.29, 1.82) is 5.26 Å². The number of hydrogen-bond donors (Lipinski definition) is 1. The van der Waals surface area contributed by atoms with Gasteiger partial charge in [-0.2, -0.15) is 5.26 Å². The van der Waals surface area contributed by atoms with Gasteiger partial charge in [0.05, 0.1) is 22.3 Å². The topological polar surface area (TPSA) is 70.0 Å². The molecule has 1 aromatic carbocycles. The van der Waals surface area contributed by atoms with E-state index >= 15 is 0 Å². The van der Waals surface area contributed by atoms with Crippen LogP contribution in [0.4, 0.5) is 0 Å². The van der Waals surface area contributed by atoms with Crippen LogP contribution in [0.3, 0.4) is 0 Å². The molecule has 1 aromatic rings. The maximum atomic E-state index is 12.2. The van der Waals surface area contributed by atoms with Crippen molar-refractivity contribution in [3.05, 3.63) is 29.8 Å². The van der Waals surface area contributed by atoms with Crippen LogP contribution in [0, 0.1) is 16.7 Å². The minimum atomic E-state index is -3.27. The summed E-state index contributed by atoms with van der Waals surface area (Å²) >= 11 is 0. The van der Waals surface area contributed by atoms with Gasteiger partial charge in [0.1, 0.15) is 0 Å². The van der Waals surface area contributed by atoms with Gasteiger partial charge in [-0.15, -0.1) is 0 Å². The summed E-state index contributed by atoms with van der Waals surface area (Å²) in [6.07, 6.45) is 4.93. The van der Waals surface area contributed by atoms with E-state index in [4.69, 9.17) is 5.26 Å². The smallest absolute Gasteiger partial charge is 0.179 e. The van der Waals surface area contributed by atoms with Gasteiger partial charge in [-0.3, -0.25) is 0 Å². The zero-order chi connectivity index (χ0) is 15.3. The van der Waals surface area contributed by atoms with Crippen molar-refractivity contribution < 1.29 is 8.42 Å². The summed E-state index contributed by atoms with van der Waals surface area (Å²) in [7, 11) is -3.27. The zero-order valence-electron chi connectivity index (χ0n) is 12.4. The predicted octanol–water partition coefficient (Wildman–Crippen LogP) is 2.50. The van der Waals surface area contributed by atoms with Crippen LogP contribution in [0.25, 0.3) is 0 Å². The van der Waals surface area contributed by atoms with Crippen molar-refractivity contribution in [3.63, 3.8) is 0 Å². The molecule has 1 saturated carbocycles. The fourth-order valence-electron chi connectivity index (χ4n) is 2.64. The standard InChI is InChI=1S/C16H22N2O2S/c1-2-7-16(8-9-16)13-18-10-11-21(19,20)15-5-3-14(12-17)4-6-15/h3-6,18H,2,7-11,13H2,1H3. The van der Waals surface area contributed by atoms with Gasteiger partial charge in [0.15, 0.2) is 9.84 Å². The molecule has 1 aliphatic rings. The Morgan fingerprint density at radius 3 is 2.48 bits per heavy atom. The largest absolute Gasteiger partial charge is 0.315 e. The van der Waals surface area contributed by atoms with Gasteiger partial charge in [0, 0.05) is 13.1 Å². The van der Waals surface area contributed by atoms with Crippen molar-refractivity contribution in [1.82, 2.24) is 5.32 Å². The SMILES string of the molecule is CCCC1(CNCCS(=O)(=O)c2ccc(C#N)cc2)CC1. The van der Waals surface area contributed by atoms with E-state index in [1.807, 2.05) is 6.07 Å². The summed E-state index contributed by atoms with van der Waals surface area (Å²) in [4.78, 5) is 0.290. The highest BCUT2D eigenvalue weighted by Crippen LogP contribution is 2.48. The molecule has 0 atom stereocenters. The molecule has 0 saturated heterocycles. The minimum Gasteiger partial charge on any atom is -0.315 e. The van der Waals surface area contributed by atoms with E-state index in [9.17, 15) is 8.42 Å². The molecule has 4 nitrogen and oxygen atoms in total. The number of nitrogens with one attached hydrogen (secondary N) is 1. The van der Waals surface area contributed by atoms with Crippen LogP contribution in [-0.2, 0) is 9.84 Å². The third kappa shape index (κ3) is 4.29. The third-order valence-electron chi connectivity index (χ3n) is 4.13. The second-order valence-corrected chi connectivity index (χ2v) is 7.99. The van der Waals surface area contributed by atoms with Crippen LogP contribution in [0.5, 0.6) is 0 Å². The minimum absolute atomic E-state index is 0.0983. The number of benzene rings is 1. The number of nitriles is 1. The molecule has 0 amide bonds. The first kappa shape index (κ1) is 16.0. The van der Waals surface area contributed by atoms with E-state index in [1.54, 1.807) is 12.1 Å². The Balaban J connectivity index is 1.82. The quantitative estimate of drug-likeness (QED) is 0.749. The molecule has 0 aliphatic heterocycles. The average Bonchev–Trinajstić information content (AvgIpc) is 3.24. The molecule has 0 radical (unpaired) electrons. The van der Waals surface area contributed by atoms with Crippen LogP contribution < -0.4 is 5.32 Å². The molecule has 0 unspecified atom stereocenters. The second kappa shape index (κ2) is 6.59. The van der Waals surface area contributed by atoms with E-state index in [0.717, 1.165) is 6.54 Å². The molecule has 2 rings (SSSR count). The van der Waals surface area contributed by atoms with E-state index in [1.165, 1.54) is 37.8 Å². The normalized spacial score (nSPS) is 16.4. The van der Waals surface area contributed by atoms with Crippen molar-refractivity contribution in [2.24, 2.45) is 5.41 Å². The maximum absolute atomic E-state index is 12.2. The summed E-state index contributed by atoms with van der Waals surface area (Å²) in [5.74, 6) is 0.0983. The molecule has 114 valence electrons. The van der Waals surface area contributed by atoms with Gasteiger partial charge in [-0.25, -0.2) is 8.42 Å². The first-order valence-corrected chi connectivity index (χ1v) is 9.10. The van der Waals surface area contributed by atoms with E-state index in [0.29, 0.717) is 17.5 Å². The van der Waals surface area contributed by atoms with Crippen LogP contribution in [0.1, 0.15) is 38.2 Å². The zero-order valence-corrected chi connectivity index (χ0v) is 13.2. The molecule has 0 aromatic heterocycles. The molecular formula is C16H22N2O2S. The van der Waals surface area contributed by atoms with E-state index in [2.05, 4.69) is 12.2 Å². The Morgan fingerprint density at radius 2 is 1.95 bits per heavy atom. The molecule has 0 bridgehead atoms. The molecule has 1 aliphatic carbocycles. The number of nitrogens with zero attached hydrogens (tertiary/aromatic N) is 1. The summed E-state index contributed by atoms with van der Waals surface area (Å²) in [6.45, 7) is 3.59. The van der Waals surface area contributed by atoms with Gasteiger partial charge in [-0.05, 0) is 48.9 Å². The molecule has 1 N–H and O–H groups in total. The van der Waals surface area contributed by atoms with Crippen LogP contribution >= 0.6 is 0 Å². The molecule has 0 spiro atoms. The first-order valence-electron chi connectivity index (χ1n) is 7.45. The van der Waals surface area contributed by atoms with Crippen LogP contribution in [0.2, 0.25) is 0 Å². The second-order valence-electron chi connectivity index (χ2n) is 5.88. The summed E-state index contributed by atoms with van der Waals surface area (Å²) in [6, 6.07) is 8.09. The predicted molar refractivity (Wildman–Crippen MR) is 82.7 cm³/mol. The number of hydrogen-bond acceptors (Lipinski definition) is 4. The maximum Gasteiger partial charge on any atom is 0.179 e. The van der Waals surface area contributed by atoms with Gasteiger partial charge >= 0.3 is 0 Å². The lowest BCUT2D eigenvalue weighted by atomic mass is 10.0. The molecule has 21 heavy (non-hydrogen) atoms. The van der Waals surface area contributed by atoms with Crippen molar-refractivity contribution in [3.8, 4) is 6.07 Å². The monoisotopic (exact) mass is 306 g/mol. The Kier molecular flexibility index (Phi) is 5.02. The number of rotatable bonds is 8. The van der Waals surface area contributed by atoms with Gasteiger partial charge in [-0.1, -0.05) is 13.3 Å². The summed E-state index contributed by atoms with van der Waals surface area (Å²) < 4.78 is 24.3. The van der Waals surface area contributed by atoms with Crippen LogP contribution in [0.15, 0.2) is 29.2 Å². The average molecular weight is 306 g/mol. The Bertz CT molecular complexity index is 611. The fraction of sp³-hybridized carbons (Fsp3) is 0.562. The summed E-state index contributed by atoms with van der Waals surface area (Å²) in [5.41, 5.74) is 0.912. The molecule has 0 heterocycles. The third-order valence-corrected chi connectivity index (χ3v) is 5.86. The van der Waals surface area contributed by atoms with Gasteiger partial charge < -0.3 is 5.32 Å². The lowest BCUT2D eigenvalue weighted by Gasteiger charge is -2.14. The highest BCUT2D eigenvalue weighted by atomic mass is 32.2. The number of sulfone groups is 1. The highest BCUT2D eigenvalue weighted by Gasteiger charge is 2.40. The van der Waals surface area contributed by atoms with Crippen molar-refractivity contribution in [2.75, 3.05) is 18.8 Å². The highest BCUT2D eigenvalue weighted by molar-refractivity contribution is 7.91. The Labute approximate surface area is 127 Å². The molecular weight excluding hydrogens is 284 g/mol. The molecule has 5 heteroatoms. The van der Waals surface area contributed by atoms with Crippen molar-refractivity contribution in [2.45, 2.75) is 37.5 Å². The fourth-order valence-corrected chi connectivity index (χ4v) is 3.84. The van der Waals surface area contributed by atoms with E-state index < -0.39 is 9.84 Å². The summed E-state index contributed by atoms with van der Waals surface area (Å²) in [5, 5.41) is 12.0.